The summed E-state index contributed by atoms with van der Waals surface area (Å²) < 4.78 is 24.0. The van der Waals surface area contributed by atoms with Crippen LogP contribution in [0.4, 0.5) is 0 Å². The highest BCUT2D eigenvalue weighted by atomic mass is 32.1. The minimum absolute atomic E-state index is 0.122. The molecule has 0 amide bonds. The SMILES string of the molecule is C=CCOc1cccc(/C=c2\sc3n(c2=O)[C@H](c2ccc4c(c2)OCO4)C(C(=O)OCC)=C(C)N=3)c1. The molecule has 5 rings (SSSR count). The minimum atomic E-state index is -0.723. The largest absolute Gasteiger partial charge is 0.490 e. The summed E-state index contributed by atoms with van der Waals surface area (Å²) >= 11 is 1.26. The van der Waals surface area contributed by atoms with E-state index in [1.165, 1.54) is 11.3 Å². The highest BCUT2D eigenvalue weighted by Crippen LogP contribution is 2.38. The zero-order chi connectivity index (χ0) is 25.2. The van der Waals surface area contributed by atoms with E-state index in [4.69, 9.17) is 18.9 Å². The van der Waals surface area contributed by atoms with Crippen molar-refractivity contribution in [2.75, 3.05) is 20.0 Å². The van der Waals surface area contributed by atoms with Crippen molar-refractivity contribution in [2.45, 2.75) is 19.9 Å². The molecule has 9 heteroatoms. The van der Waals surface area contributed by atoms with Gasteiger partial charge in [0.25, 0.3) is 5.56 Å². The van der Waals surface area contributed by atoms with Crippen LogP contribution in [0.25, 0.3) is 6.08 Å². The zero-order valence-corrected chi connectivity index (χ0v) is 20.7. The van der Waals surface area contributed by atoms with Crippen LogP contribution in [0.5, 0.6) is 17.2 Å². The molecule has 0 bridgehead atoms. The summed E-state index contributed by atoms with van der Waals surface area (Å²) in [6, 6.07) is 12.1. The summed E-state index contributed by atoms with van der Waals surface area (Å²) in [5.41, 5.74) is 2.07. The number of rotatable bonds is 7. The van der Waals surface area contributed by atoms with E-state index in [0.717, 1.165) is 5.56 Å². The van der Waals surface area contributed by atoms with Gasteiger partial charge in [0, 0.05) is 0 Å². The Labute approximate surface area is 211 Å². The summed E-state index contributed by atoms with van der Waals surface area (Å²) in [7, 11) is 0. The van der Waals surface area contributed by atoms with Crippen molar-refractivity contribution in [3.63, 3.8) is 0 Å². The van der Waals surface area contributed by atoms with Crippen LogP contribution in [-0.2, 0) is 9.53 Å². The second-order valence-corrected chi connectivity index (χ2v) is 9.10. The van der Waals surface area contributed by atoms with Crippen LogP contribution in [0.15, 0.2) is 76.2 Å². The number of aromatic nitrogens is 1. The first-order valence-electron chi connectivity index (χ1n) is 11.4. The Morgan fingerprint density at radius 2 is 2.08 bits per heavy atom. The Bertz CT molecular complexity index is 1570. The first-order valence-corrected chi connectivity index (χ1v) is 12.2. The molecule has 2 aliphatic heterocycles. The molecule has 0 aliphatic carbocycles. The molecule has 3 heterocycles. The molecule has 2 aromatic carbocycles. The first-order chi connectivity index (χ1) is 17.5. The molecule has 1 aromatic heterocycles. The van der Waals surface area contributed by atoms with Gasteiger partial charge in [-0.1, -0.05) is 42.2 Å². The summed E-state index contributed by atoms with van der Waals surface area (Å²) in [6.45, 7) is 7.87. The highest BCUT2D eigenvalue weighted by molar-refractivity contribution is 7.07. The van der Waals surface area contributed by atoms with Gasteiger partial charge in [0.1, 0.15) is 12.4 Å². The fourth-order valence-electron chi connectivity index (χ4n) is 4.19. The average Bonchev–Trinajstić information content (AvgIpc) is 3.46. The van der Waals surface area contributed by atoms with Crippen LogP contribution < -0.4 is 29.1 Å². The second-order valence-electron chi connectivity index (χ2n) is 8.09. The quantitative estimate of drug-likeness (QED) is 0.363. The molecule has 0 unspecified atom stereocenters. The molecule has 36 heavy (non-hydrogen) atoms. The number of allylic oxidation sites excluding steroid dienone is 1. The van der Waals surface area contributed by atoms with Crippen molar-refractivity contribution in [3.8, 4) is 17.2 Å². The number of thiazole rings is 1. The summed E-state index contributed by atoms with van der Waals surface area (Å²) in [5.74, 6) is 1.34. The van der Waals surface area contributed by atoms with Crippen molar-refractivity contribution in [1.82, 2.24) is 4.57 Å². The molecule has 0 spiro atoms. The molecule has 184 valence electrons. The summed E-state index contributed by atoms with van der Waals surface area (Å²) in [4.78, 5) is 31.9. The lowest BCUT2D eigenvalue weighted by atomic mass is 9.95. The maximum Gasteiger partial charge on any atom is 0.338 e. The molecule has 0 saturated carbocycles. The van der Waals surface area contributed by atoms with Crippen molar-refractivity contribution in [3.05, 3.63) is 97.2 Å². The van der Waals surface area contributed by atoms with Gasteiger partial charge in [-0.05, 0) is 55.3 Å². The molecule has 0 saturated heterocycles. The van der Waals surface area contributed by atoms with Crippen molar-refractivity contribution < 1.29 is 23.7 Å². The minimum Gasteiger partial charge on any atom is -0.490 e. The number of hydrogen-bond donors (Lipinski definition) is 0. The molecule has 0 fully saturated rings. The molecule has 3 aromatic rings. The Hall–Kier alpha value is -4.11. The third kappa shape index (κ3) is 4.33. The Morgan fingerprint density at radius 1 is 1.25 bits per heavy atom. The maximum atomic E-state index is 13.7. The lowest BCUT2D eigenvalue weighted by Crippen LogP contribution is -2.39. The predicted molar refractivity (Wildman–Crippen MR) is 135 cm³/mol. The first kappa shape index (κ1) is 23.6. The van der Waals surface area contributed by atoms with E-state index >= 15 is 0 Å². The zero-order valence-electron chi connectivity index (χ0n) is 19.9. The van der Waals surface area contributed by atoms with Gasteiger partial charge >= 0.3 is 5.97 Å². The Balaban J connectivity index is 1.66. The van der Waals surface area contributed by atoms with Crippen molar-refractivity contribution in [2.24, 2.45) is 4.99 Å². The Kier molecular flexibility index (Phi) is 6.47. The maximum absolute atomic E-state index is 13.7. The Morgan fingerprint density at radius 3 is 2.89 bits per heavy atom. The topological polar surface area (TPSA) is 88.3 Å². The van der Waals surface area contributed by atoms with Gasteiger partial charge in [-0.2, -0.15) is 0 Å². The van der Waals surface area contributed by atoms with Crippen molar-refractivity contribution in [1.29, 1.82) is 0 Å². The van der Waals surface area contributed by atoms with Crippen LogP contribution >= 0.6 is 11.3 Å². The van der Waals surface area contributed by atoms with E-state index in [1.54, 1.807) is 42.7 Å². The van der Waals surface area contributed by atoms with Crippen LogP contribution in [0, 0.1) is 0 Å². The van der Waals surface area contributed by atoms with Crippen molar-refractivity contribution >= 4 is 23.4 Å². The van der Waals surface area contributed by atoms with E-state index in [9.17, 15) is 9.59 Å². The fraction of sp³-hybridized carbons (Fsp3) is 0.222. The van der Waals surface area contributed by atoms with E-state index < -0.39 is 12.0 Å². The van der Waals surface area contributed by atoms with Gasteiger partial charge in [-0.3, -0.25) is 9.36 Å². The van der Waals surface area contributed by atoms with Gasteiger partial charge in [-0.15, -0.1) is 0 Å². The van der Waals surface area contributed by atoms with E-state index in [1.807, 2.05) is 30.3 Å². The van der Waals surface area contributed by atoms with Gasteiger partial charge in [-0.25, -0.2) is 9.79 Å². The standard InChI is InChI=1S/C27H24N2O6S/c1-4-11-33-19-8-6-7-17(12-19)13-22-25(30)29-24(18-9-10-20-21(14-18)35-15-34-20)23(26(31)32-5-2)16(3)28-27(29)36-22/h4,6-10,12-14,24H,1,5,11,15H2,2-3H3/b22-13-/t24-/m1/s1. The van der Waals surface area contributed by atoms with Gasteiger partial charge in [0.2, 0.25) is 6.79 Å². The number of carbonyl (C=O) groups excluding carboxylic acids is 1. The molecule has 0 N–H and O–H groups in total. The smallest absolute Gasteiger partial charge is 0.338 e. The number of benzene rings is 2. The fourth-order valence-corrected chi connectivity index (χ4v) is 5.24. The third-order valence-corrected chi connectivity index (χ3v) is 6.74. The molecule has 2 aliphatic rings. The van der Waals surface area contributed by atoms with Gasteiger partial charge < -0.3 is 18.9 Å². The molecular weight excluding hydrogens is 480 g/mol. The van der Waals surface area contributed by atoms with E-state index in [2.05, 4.69) is 11.6 Å². The van der Waals surface area contributed by atoms with E-state index in [0.29, 0.717) is 50.0 Å². The van der Waals surface area contributed by atoms with Gasteiger partial charge in [0.15, 0.2) is 16.3 Å². The number of hydrogen-bond acceptors (Lipinski definition) is 8. The monoisotopic (exact) mass is 504 g/mol. The lowest BCUT2D eigenvalue weighted by molar-refractivity contribution is -0.139. The average molecular weight is 505 g/mol. The number of fused-ring (bicyclic) bond motifs is 2. The molecule has 0 radical (unpaired) electrons. The molecule has 8 nitrogen and oxygen atoms in total. The summed E-state index contributed by atoms with van der Waals surface area (Å²) in [6.07, 6.45) is 3.47. The van der Waals surface area contributed by atoms with Crippen LogP contribution in [0.2, 0.25) is 0 Å². The highest BCUT2D eigenvalue weighted by Gasteiger charge is 2.34. The van der Waals surface area contributed by atoms with E-state index in [-0.39, 0.29) is 19.0 Å². The summed E-state index contributed by atoms with van der Waals surface area (Å²) in [5, 5.41) is 0. The second kappa shape index (κ2) is 9.87. The third-order valence-electron chi connectivity index (χ3n) is 5.75. The molecular formula is C27H24N2O6S. The van der Waals surface area contributed by atoms with Crippen LogP contribution in [0.1, 0.15) is 31.0 Å². The van der Waals surface area contributed by atoms with Crippen LogP contribution in [-0.4, -0.2) is 30.5 Å². The van der Waals surface area contributed by atoms with Gasteiger partial charge in [0.05, 0.1) is 28.5 Å². The molecule has 1 atom stereocenters. The number of nitrogens with zero attached hydrogens (tertiary/aromatic N) is 2. The number of carbonyl (C=O) groups is 1. The predicted octanol–water partition coefficient (Wildman–Crippen LogP) is 3.09. The lowest BCUT2D eigenvalue weighted by Gasteiger charge is -2.24. The van der Waals surface area contributed by atoms with Crippen LogP contribution in [0.3, 0.4) is 0 Å². The normalized spacial score (nSPS) is 16.4. The number of ether oxygens (including phenoxy) is 4. The number of esters is 1.